The van der Waals surface area contributed by atoms with Crippen molar-refractivity contribution in [2.45, 2.75) is 32.0 Å². The summed E-state index contributed by atoms with van der Waals surface area (Å²) in [5.74, 6) is 0. The maximum Gasteiger partial charge on any atom is 0.122 e. The molecule has 1 unspecified atom stereocenters. The molecule has 1 rings (SSSR count). The van der Waals surface area contributed by atoms with Gasteiger partial charge in [0.25, 0.3) is 0 Å². The fourth-order valence-corrected chi connectivity index (χ4v) is 1.51. The lowest BCUT2D eigenvalue weighted by molar-refractivity contribution is 0.198. The standard InChI is InChI=1S/C7H14FN/c1-6-4-7(2,8)5-9(6)3/h6H,4-5H2,1-3H3/t6?,7-/m1/s1. The molecule has 1 fully saturated rings. The lowest BCUT2D eigenvalue weighted by Crippen LogP contribution is -2.24. The zero-order valence-electron chi connectivity index (χ0n) is 6.32. The van der Waals surface area contributed by atoms with Gasteiger partial charge in [0.2, 0.25) is 0 Å². The van der Waals surface area contributed by atoms with Gasteiger partial charge in [-0.25, -0.2) is 4.39 Å². The molecule has 0 aliphatic carbocycles. The van der Waals surface area contributed by atoms with E-state index in [0.717, 1.165) is 0 Å². The maximum atomic E-state index is 13.1. The van der Waals surface area contributed by atoms with Crippen LogP contribution in [0.25, 0.3) is 0 Å². The first kappa shape index (κ1) is 7.00. The van der Waals surface area contributed by atoms with Crippen molar-refractivity contribution in [2.75, 3.05) is 13.6 Å². The molecule has 0 aromatic rings. The van der Waals surface area contributed by atoms with Crippen LogP contribution in [-0.4, -0.2) is 30.2 Å². The van der Waals surface area contributed by atoms with Gasteiger partial charge in [-0.1, -0.05) is 0 Å². The van der Waals surface area contributed by atoms with Crippen LogP contribution in [0.1, 0.15) is 20.3 Å². The van der Waals surface area contributed by atoms with Crippen LogP contribution in [0.4, 0.5) is 4.39 Å². The molecule has 0 spiro atoms. The molecule has 9 heavy (non-hydrogen) atoms. The highest BCUT2D eigenvalue weighted by Gasteiger charge is 2.36. The van der Waals surface area contributed by atoms with Gasteiger partial charge >= 0.3 is 0 Å². The Kier molecular flexibility index (Phi) is 1.51. The Morgan fingerprint density at radius 3 is 2.33 bits per heavy atom. The Morgan fingerprint density at radius 1 is 1.67 bits per heavy atom. The minimum Gasteiger partial charge on any atom is -0.300 e. The molecule has 2 atom stereocenters. The van der Waals surface area contributed by atoms with E-state index in [1.807, 2.05) is 7.05 Å². The summed E-state index contributed by atoms with van der Waals surface area (Å²) in [7, 11) is 1.97. The molecule has 1 aliphatic rings. The Morgan fingerprint density at radius 2 is 2.22 bits per heavy atom. The number of nitrogens with zero attached hydrogens (tertiary/aromatic N) is 1. The SMILES string of the molecule is CC1C[C@@](C)(F)CN1C. The zero-order valence-corrected chi connectivity index (χ0v) is 6.32. The van der Waals surface area contributed by atoms with Crippen molar-refractivity contribution >= 4 is 0 Å². The number of rotatable bonds is 0. The van der Waals surface area contributed by atoms with Crippen LogP contribution in [0.5, 0.6) is 0 Å². The minimum atomic E-state index is -0.936. The quantitative estimate of drug-likeness (QED) is 0.481. The van der Waals surface area contributed by atoms with Gasteiger partial charge in [-0.05, 0) is 27.3 Å². The Hall–Kier alpha value is -0.110. The number of hydrogen-bond acceptors (Lipinski definition) is 1. The molecule has 1 saturated heterocycles. The minimum absolute atomic E-state index is 0.417. The molecule has 54 valence electrons. The van der Waals surface area contributed by atoms with Gasteiger partial charge in [-0.15, -0.1) is 0 Å². The zero-order chi connectivity index (χ0) is 7.07. The van der Waals surface area contributed by atoms with E-state index in [4.69, 9.17) is 0 Å². The number of hydrogen-bond donors (Lipinski definition) is 0. The van der Waals surface area contributed by atoms with Gasteiger partial charge in [0.15, 0.2) is 0 Å². The van der Waals surface area contributed by atoms with E-state index in [0.29, 0.717) is 19.0 Å². The van der Waals surface area contributed by atoms with Crippen LogP contribution in [0, 0.1) is 0 Å². The first-order chi connectivity index (χ1) is 4.01. The molecule has 0 radical (unpaired) electrons. The van der Waals surface area contributed by atoms with Crippen LogP contribution in [-0.2, 0) is 0 Å². The first-order valence-corrected chi connectivity index (χ1v) is 3.40. The van der Waals surface area contributed by atoms with Gasteiger partial charge in [-0.2, -0.15) is 0 Å². The van der Waals surface area contributed by atoms with Crippen molar-refractivity contribution in [1.82, 2.24) is 4.90 Å². The first-order valence-electron chi connectivity index (χ1n) is 3.40. The highest BCUT2D eigenvalue weighted by Crippen LogP contribution is 2.28. The Balaban J connectivity index is 2.54. The Labute approximate surface area is 55.8 Å². The number of halogens is 1. The molecule has 0 bridgehead atoms. The number of alkyl halides is 1. The average molecular weight is 131 g/mol. The predicted molar refractivity (Wildman–Crippen MR) is 36.2 cm³/mol. The molecule has 0 aromatic heterocycles. The third-order valence-corrected chi connectivity index (χ3v) is 2.05. The van der Waals surface area contributed by atoms with E-state index in [-0.39, 0.29) is 0 Å². The summed E-state index contributed by atoms with van der Waals surface area (Å²) in [5.41, 5.74) is -0.936. The summed E-state index contributed by atoms with van der Waals surface area (Å²) >= 11 is 0. The third kappa shape index (κ3) is 1.42. The molecule has 0 amide bonds. The van der Waals surface area contributed by atoms with Crippen molar-refractivity contribution in [3.63, 3.8) is 0 Å². The second-order valence-corrected chi connectivity index (χ2v) is 3.38. The van der Waals surface area contributed by atoms with Gasteiger partial charge in [-0.3, -0.25) is 0 Å². The van der Waals surface area contributed by atoms with Gasteiger partial charge in [0.1, 0.15) is 5.67 Å². The molecular weight excluding hydrogens is 117 g/mol. The van der Waals surface area contributed by atoms with Gasteiger partial charge < -0.3 is 4.90 Å². The molecule has 1 heterocycles. The monoisotopic (exact) mass is 131 g/mol. The van der Waals surface area contributed by atoms with E-state index < -0.39 is 5.67 Å². The molecule has 1 aliphatic heterocycles. The summed E-state index contributed by atoms with van der Waals surface area (Å²) in [4.78, 5) is 2.06. The van der Waals surface area contributed by atoms with E-state index >= 15 is 0 Å². The molecule has 0 N–H and O–H groups in total. The van der Waals surface area contributed by atoms with E-state index in [2.05, 4.69) is 11.8 Å². The van der Waals surface area contributed by atoms with E-state index in [1.165, 1.54) is 0 Å². The van der Waals surface area contributed by atoms with Crippen LogP contribution >= 0.6 is 0 Å². The van der Waals surface area contributed by atoms with Crippen molar-refractivity contribution in [2.24, 2.45) is 0 Å². The van der Waals surface area contributed by atoms with Crippen molar-refractivity contribution in [3.05, 3.63) is 0 Å². The fourth-order valence-electron chi connectivity index (χ4n) is 1.51. The van der Waals surface area contributed by atoms with Crippen molar-refractivity contribution in [1.29, 1.82) is 0 Å². The van der Waals surface area contributed by atoms with Crippen molar-refractivity contribution < 1.29 is 4.39 Å². The average Bonchev–Trinajstić information content (AvgIpc) is 1.79. The van der Waals surface area contributed by atoms with E-state index in [1.54, 1.807) is 6.92 Å². The van der Waals surface area contributed by atoms with Crippen molar-refractivity contribution in [3.8, 4) is 0 Å². The topological polar surface area (TPSA) is 3.24 Å². The highest BCUT2D eigenvalue weighted by molar-refractivity contribution is 4.89. The number of likely N-dealkylation sites (tertiary alicyclic amines) is 1. The third-order valence-electron chi connectivity index (χ3n) is 2.05. The molecule has 1 nitrogen and oxygen atoms in total. The van der Waals surface area contributed by atoms with Crippen LogP contribution in [0.3, 0.4) is 0 Å². The molecule has 0 aromatic carbocycles. The largest absolute Gasteiger partial charge is 0.300 e. The lowest BCUT2D eigenvalue weighted by atomic mass is 10.1. The van der Waals surface area contributed by atoms with Gasteiger partial charge in [0, 0.05) is 12.6 Å². The maximum absolute atomic E-state index is 13.1. The molecular formula is C7H14FN. The summed E-state index contributed by atoms with van der Waals surface area (Å²) in [5, 5.41) is 0. The fraction of sp³-hybridized carbons (Fsp3) is 1.00. The predicted octanol–water partition coefficient (Wildman–Crippen LogP) is 1.44. The summed E-state index contributed by atoms with van der Waals surface area (Å²) in [6.45, 7) is 4.33. The summed E-state index contributed by atoms with van der Waals surface area (Å²) < 4.78 is 13.1. The second kappa shape index (κ2) is 1.94. The van der Waals surface area contributed by atoms with E-state index in [9.17, 15) is 4.39 Å². The normalized spacial score (nSPS) is 46.0. The van der Waals surface area contributed by atoms with Crippen LogP contribution in [0.2, 0.25) is 0 Å². The summed E-state index contributed by atoms with van der Waals surface area (Å²) in [6.07, 6.45) is 0.684. The van der Waals surface area contributed by atoms with Gasteiger partial charge in [0.05, 0.1) is 0 Å². The Bertz CT molecular complexity index is 99.5. The lowest BCUT2D eigenvalue weighted by Gasteiger charge is -2.12. The summed E-state index contributed by atoms with van der Waals surface area (Å²) in [6, 6.07) is 0.417. The second-order valence-electron chi connectivity index (χ2n) is 3.38. The van der Waals surface area contributed by atoms with Crippen LogP contribution < -0.4 is 0 Å². The molecule has 0 saturated carbocycles. The highest BCUT2D eigenvalue weighted by atomic mass is 19.1. The molecule has 2 heteroatoms. The van der Waals surface area contributed by atoms with Crippen LogP contribution in [0.15, 0.2) is 0 Å². The smallest absolute Gasteiger partial charge is 0.122 e.